The molecule has 0 unspecified atom stereocenters. The fraction of sp³-hybridized carbons (Fsp3) is 0.591. The summed E-state index contributed by atoms with van der Waals surface area (Å²) in [5, 5.41) is 5.42. The van der Waals surface area contributed by atoms with Crippen molar-refractivity contribution in [3.63, 3.8) is 0 Å². The van der Waals surface area contributed by atoms with E-state index in [0.29, 0.717) is 25.2 Å². The number of nitrogens with zero attached hydrogens (tertiary/aromatic N) is 3. The van der Waals surface area contributed by atoms with Crippen LogP contribution in [0.2, 0.25) is 0 Å². The molecule has 1 amide bonds. The second kappa shape index (κ2) is 9.33. The fourth-order valence-corrected chi connectivity index (χ4v) is 4.18. The summed E-state index contributed by atoms with van der Waals surface area (Å²) >= 11 is -0.0995. The number of halogens is 3. The zero-order valence-electron chi connectivity index (χ0n) is 18.7. The van der Waals surface area contributed by atoms with Gasteiger partial charge in [0, 0.05) is 54.9 Å². The van der Waals surface area contributed by atoms with Crippen LogP contribution in [0.1, 0.15) is 49.5 Å². The maximum atomic E-state index is 12.5. The number of Topliss-reactive ketones (excluding diaryl/α,β-unsaturated/α-hetero) is 1. The number of ketones is 1. The molecule has 6 nitrogen and oxygen atoms in total. The molecule has 2 aromatic rings. The monoisotopic (exact) mass is 471 g/mol. The van der Waals surface area contributed by atoms with Gasteiger partial charge in [0.15, 0.2) is 5.78 Å². The number of carbonyl (C=O) groups is 2. The van der Waals surface area contributed by atoms with E-state index < -0.39 is 11.1 Å². The van der Waals surface area contributed by atoms with Gasteiger partial charge in [0.05, 0.1) is 5.52 Å². The third-order valence-corrected chi connectivity index (χ3v) is 5.99. The Morgan fingerprint density at radius 3 is 2.53 bits per heavy atom. The number of rotatable bonds is 7. The summed E-state index contributed by atoms with van der Waals surface area (Å²) in [6, 6.07) is 3.46. The van der Waals surface area contributed by atoms with Gasteiger partial charge in [0.1, 0.15) is 5.60 Å². The van der Waals surface area contributed by atoms with Gasteiger partial charge in [0.2, 0.25) is 0 Å². The van der Waals surface area contributed by atoms with Gasteiger partial charge in [0.25, 0.3) is 0 Å². The smallest absolute Gasteiger partial charge is 0.441 e. The number of hydrogen-bond donors (Lipinski definition) is 0. The Morgan fingerprint density at radius 1 is 1.22 bits per heavy atom. The first-order valence-electron chi connectivity index (χ1n) is 10.5. The van der Waals surface area contributed by atoms with Crippen LogP contribution in [0.15, 0.2) is 18.3 Å². The van der Waals surface area contributed by atoms with E-state index in [1.165, 1.54) is 0 Å². The van der Waals surface area contributed by atoms with Crippen molar-refractivity contribution in [3.05, 3.63) is 29.5 Å². The Morgan fingerprint density at radius 2 is 1.91 bits per heavy atom. The van der Waals surface area contributed by atoms with Crippen molar-refractivity contribution < 1.29 is 27.5 Å². The number of thioether (sulfide) groups is 1. The van der Waals surface area contributed by atoms with Crippen LogP contribution in [-0.2, 0) is 11.3 Å². The number of carbonyl (C=O) groups excluding carboxylic acids is 2. The number of ether oxygens (including phenoxy) is 1. The van der Waals surface area contributed by atoms with Gasteiger partial charge in [-0.3, -0.25) is 9.48 Å². The van der Waals surface area contributed by atoms with Crippen molar-refractivity contribution in [2.45, 2.75) is 58.2 Å². The lowest BCUT2D eigenvalue weighted by atomic mass is 9.99. The van der Waals surface area contributed by atoms with Crippen molar-refractivity contribution in [1.29, 1.82) is 0 Å². The fourth-order valence-electron chi connectivity index (χ4n) is 3.66. The number of alkyl halides is 3. The molecule has 1 aliphatic rings. The summed E-state index contributed by atoms with van der Waals surface area (Å²) in [6.45, 7) is 9.18. The Hall–Kier alpha value is -2.23. The molecule has 1 fully saturated rings. The molecule has 3 rings (SSSR count). The number of likely N-dealkylation sites (tertiary alicyclic amines) is 1. The lowest BCUT2D eigenvalue weighted by molar-refractivity contribution is -0.0328. The molecule has 1 aromatic heterocycles. The molecule has 176 valence electrons. The topological polar surface area (TPSA) is 64.4 Å². The average molecular weight is 472 g/mol. The molecule has 1 aliphatic heterocycles. The first-order valence-corrected chi connectivity index (χ1v) is 11.5. The largest absolute Gasteiger partial charge is 0.444 e. The highest BCUT2D eigenvalue weighted by Gasteiger charge is 2.34. The van der Waals surface area contributed by atoms with E-state index in [4.69, 9.17) is 4.74 Å². The molecule has 0 saturated carbocycles. The van der Waals surface area contributed by atoms with Crippen LogP contribution in [0.5, 0.6) is 0 Å². The Kier molecular flexibility index (Phi) is 7.12. The van der Waals surface area contributed by atoms with Crippen LogP contribution in [0.4, 0.5) is 18.0 Å². The molecule has 0 radical (unpaired) electrons. The molecular weight excluding hydrogens is 443 g/mol. The second-order valence-corrected chi connectivity index (χ2v) is 10.3. The number of aryl methyl sites for hydroxylation is 1. The zero-order chi connectivity index (χ0) is 23.7. The van der Waals surface area contributed by atoms with E-state index in [2.05, 4.69) is 5.10 Å². The van der Waals surface area contributed by atoms with E-state index in [9.17, 15) is 22.8 Å². The van der Waals surface area contributed by atoms with Crippen molar-refractivity contribution >= 4 is 34.5 Å². The first kappa shape index (κ1) is 24.4. The molecule has 0 spiro atoms. The van der Waals surface area contributed by atoms with Gasteiger partial charge in [-0.25, -0.2) is 4.79 Å². The lowest BCUT2D eigenvalue weighted by Crippen LogP contribution is -2.52. The van der Waals surface area contributed by atoms with Crippen LogP contribution in [0.25, 0.3) is 10.9 Å². The van der Waals surface area contributed by atoms with Gasteiger partial charge in [-0.15, -0.1) is 0 Å². The highest BCUT2D eigenvalue weighted by molar-refractivity contribution is 8.00. The minimum Gasteiger partial charge on any atom is -0.444 e. The van der Waals surface area contributed by atoms with Gasteiger partial charge >= 0.3 is 11.6 Å². The quantitative estimate of drug-likeness (QED) is 0.398. The minimum absolute atomic E-state index is 0.0755. The van der Waals surface area contributed by atoms with Gasteiger partial charge < -0.3 is 9.64 Å². The molecule has 32 heavy (non-hydrogen) atoms. The van der Waals surface area contributed by atoms with Crippen LogP contribution in [0.3, 0.4) is 0 Å². The lowest BCUT2D eigenvalue weighted by Gasteiger charge is -2.39. The summed E-state index contributed by atoms with van der Waals surface area (Å²) in [6.07, 6.45) is 1.82. The Balaban J connectivity index is 1.57. The van der Waals surface area contributed by atoms with E-state index in [1.54, 1.807) is 17.0 Å². The summed E-state index contributed by atoms with van der Waals surface area (Å²) < 4.78 is 43.9. The van der Waals surface area contributed by atoms with Gasteiger partial charge in [-0.05, 0) is 51.8 Å². The molecule has 2 heterocycles. The summed E-state index contributed by atoms with van der Waals surface area (Å²) in [5.74, 6) is -0.0211. The molecule has 0 aliphatic carbocycles. The van der Waals surface area contributed by atoms with Crippen molar-refractivity contribution in [2.24, 2.45) is 5.92 Å². The molecular formula is C22H28F3N3O3S. The summed E-state index contributed by atoms with van der Waals surface area (Å²) in [7, 11) is 0. The minimum atomic E-state index is -4.27. The number of fused-ring (bicyclic) bond motifs is 1. The molecule has 0 atom stereocenters. The molecule has 0 bridgehead atoms. The first-order chi connectivity index (χ1) is 14.8. The number of hydrogen-bond acceptors (Lipinski definition) is 5. The Labute approximate surface area is 189 Å². The second-order valence-electron chi connectivity index (χ2n) is 9.09. The normalized spacial score (nSPS) is 15.2. The summed E-state index contributed by atoms with van der Waals surface area (Å²) in [4.78, 5) is 26.2. The van der Waals surface area contributed by atoms with Crippen LogP contribution >= 0.6 is 11.8 Å². The highest BCUT2D eigenvalue weighted by atomic mass is 32.2. The maximum Gasteiger partial charge on any atom is 0.441 e. The average Bonchev–Trinajstić information content (AvgIpc) is 3.03. The molecule has 10 heteroatoms. The highest BCUT2D eigenvalue weighted by Crippen LogP contribution is 2.31. The molecule has 1 saturated heterocycles. The van der Waals surface area contributed by atoms with Crippen molar-refractivity contribution in [2.75, 3.05) is 18.8 Å². The maximum absolute atomic E-state index is 12.5. The van der Waals surface area contributed by atoms with E-state index in [1.807, 2.05) is 38.6 Å². The van der Waals surface area contributed by atoms with Crippen molar-refractivity contribution in [1.82, 2.24) is 14.7 Å². The van der Waals surface area contributed by atoms with Gasteiger partial charge in [-0.2, -0.15) is 18.3 Å². The van der Waals surface area contributed by atoms with Gasteiger partial charge in [-0.1, -0.05) is 11.8 Å². The Bertz CT molecular complexity index is 992. The third-order valence-electron chi connectivity index (χ3n) is 5.17. The standard InChI is InChI=1S/C22H28F3N3O3S/c1-14-16(19(29)6-5-9-32-22(23,24)25)7-8-18-17(14)13-28(26-18)12-15-10-27(11-15)20(30)31-21(2,3)4/h7-8,13,15H,5-6,9-12H2,1-4H3. The predicted molar refractivity (Wildman–Crippen MR) is 118 cm³/mol. The number of aromatic nitrogens is 2. The van der Waals surface area contributed by atoms with E-state index >= 15 is 0 Å². The summed E-state index contributed by atoms with van der Waals surface area (Å²) in [5.41, 5.74) is -2.72. The predicted octanol–water partition coefficient (Wildman–Crippen LogP) is 5.43. The van der Waals surface area contributed by atoms with Crippen LogP contribution in [0, 0.1) is 12.8 Å². The van der Waals surface area contributed by atoms with E-state index in [-0.39, 0.29) is 48.2 Å². The number of amides is 1. The van der Waals surface area contributed by atoms with Crippen LogP contribution in [-0.4, -0.2) is 56.5 Å². The van der Waals surface area contributed by atoms with E-state index in [0.717, 1.165) is 16.5 Å². The third kappa shape index (κ3) is 6.40. The zero-order valence-corrected chi connectivity index (χ0v) is 19.5. The molecule has 0 N–H and O–H groups in total. The molecule has 1 aromatic carbocycles. The van der Waals surface area contributed by atoms with Crippen LogP contribution < -0.4 is 0 Å². The number of benzene rings is 1. The SMILES string of the molecule is Cc1c(C(=O)CCCSC(F)(F)F)ccc2nn(CC3CN(C(=O)OC(C)(C)C)C3)cc12. The van der Waals surface area contributed by atoms with Crippen molar-refractivity contribution in [3.8, 4) is 0 Å².